The molecule has 1 amide bonds. The molecule has 1 fully saturated rings. The van der Waals surface area contributed by atoms with E-state index < -0.39 is 0 Å². The second kappa shape index (κ2) is 8.25. The van der Waals surface area contributed by atoms with Crippen molar-refractivity contribution in [3.63, 3.8) is 0 Å². The number of aromatic nitrogens is 2. The predicted octanol–water partition coefficient (Wildman–Crippen LogP) is 1.60. The van der Waals surface area contributed by atoms with Crippen molar-refractivity contribution in [3.8, 4) is 0 Å². The minimum Gasteiger partial charge on any atom is -0.382 e. The Kier molecular flexibility index (Phi) is 5.80. The lowest BCUT2D eigenvalue weighted by Gasteiger charge is -2.35. The number of hydrogen-bond donors (Lipinski definition) is 2. The number of rotatable bonds is 5. The number of ether oxygens (including phenoxy) is 1. The van der Waals surface area contributed by atoms with Crippen molar-refractivity contribution in [2.75, 3.05) is 18.8 Å². The molecule has 2 heterocycles. The van der Waals surface area contributed by atoms with E-state index in [0.29, 0.717) is 6.54 Å². The maximum atomic E-state index is 12.1. The van der Waals surface area contributed by atoms with Crippen LogP contribution < -0.4 is 11.1 Å². The summed E-state index contributed by atoms with van der Waals surface area (Å²) in [7, 11) is 0. The van der Waals surface area contributed by atoms with Gasteiger partial charge in [-0.2, -0.15) is 0 Å². The van der Waals surface area contributed by atoms with E-state index in [4.69, 9.17) is 10.5 Å². The summed E-state index contributed by atoms with van der Waals surface area (Å²) >= 11 is 0. The van der Waals surface area contributed by atoms with Crippen LogP contribution in [0.1, 0.15) is 35.5 Å². The first kappa shape index (κ1) is 18.3. The van der Waals surface area contributed by atoms with E-state index in [1.165, 1.54) is 18.0 Å². The molecule has 0 aliphatic carbocycles. The number of morpholine rings is 1. The van der Waals surface area contributed by atoms with Crippen LogP contribution in [0.2, 0.25) is 0 Å². The van der Waals surface area contributed by atoms with E-state index in [1.807, 2.05) is 12.1 Å². The highest BCUT2D eigenvalue weighted by molar-refractivity contribution is 5.96. The number of nitrogens with zero attached hydrogens (tertiary/aromatic N) is 3. The Morgan fingerprint density at radius 1 is 1.15 bits per heavy atom. The molecule has 1 aliphatic rings. The zero-order valence-electron chi connectivity index (χ0n) is 15.2. The van der Waals surface area contributed by atoms with Gasteiger partial charge in [-0.1, -0.05) is 24.3 Å². The predicted molar refractivity (Wildman–Crippen MR) is 99.3 cm³/mol. The smallest absolute Gasteiger partial charge is 0.273 e. The van der Waals surface area contributed by atoms with Gasteiger partial charge < -0.3 is 15.8 Å². The number of carbonyl (C=O) groups is 1. The average Bonchev–Trinajstić information content (AvgIpc) is 2.60. The number of amides is 1. The van der Waals surface area contributed by atoms with E-state index in [2.05, 4.69) is 46.2 Å². The summed E-state index contributed by atoms with van der Waals surface area (Å²) in [4.78, 5) is 22.4. The monoisotopic (exact) mass is 355 g/mol. The molecule has 2 atom stereocenters. The van der Waals surface area contributed by atoms with Gasteiger partial charge in [0.25, 0.3) is 5.91 Å². The summed E-state index contributed by atoms with van der Waals surface area (Å²) in [6.07, 6.45) is 3.44. The summed E-state index contributed by atoms with van der Waals surface area (Å²) in [5.74, 6) is -0.190. The van der Waals surface area contributed by atoms with Gasteiger partial charge in [0.15, 0.2) is 11.5 Å². The molecule has 0 saturated carbocycles. The molecule has 2 aromatic rings. The molecule has 1 saturated heterocycles. The summed E-state index contributed by atoms with van der Waals surface area (Å²) in [5.41, 5.74) is 8.09. The zero-order chi connectivity index (χ0) is 18.5. The van der Waals surface area contributed by atoms with Gasteiger partial charge in [0.1, 0.15) is 0 Å². The topological polar surface area (TPSA) is 93.4 Å². The van der Waals surface area contributed by atoms with Gasteiger partial charge in [0.2, 0.25) is 0 Å². The molecule has 26 heavy (non-hydrogen) atoms. The zero-order valence-corrected chi connectivity index (χ0v) is 15.2. The number of nitrogen functional groups attached to an aromatic ring is 1. The molecule has 3 N–H and O–H groups in total. The molecule has 7 heteroatoms. The third kappa shape index (κ3) is 4.77. The van der Waals surface area contributed by atoms with Crippen LogP contribution in [0.15, 0.2) is 36.7 Å². The number of nitrogens with two attached hydrogens (primary N) is 1. The first-order chi connectivity index (χ1) is 12.5. The Hall–Kier alpha value is -2.51. The Morgan fingerprint density at radius 2 is 1.77 bits per heavy atom. The van der Waals surface area contributed by atoms with Gasteiger partial charge in [-0.25, -0.2) is 9.97 Å². The lowest BCUT2D eigenvalue weighted by Crippen LogP contribution is -2.44. The normalized spacial score (nSPS) is 20.7. The third-order valence-electron chi connectivity index (χ3n) is 4.32. The molecule has 2 unspecified atom stereocenters. The lowest BCUT2D eigenvalue weighted by atomic mass is 10.1. The second-order valence-corrected chi connectivity index (χ2v) is 6.74. The van der Waals surface area contributed by atoms with Gasteiger partial charge >= 0.3 is 0 Å². The second-order valence-electron chi connectivity index (χ2n) is 6.74. The van der Waals surface area contributed by atoms with Gasteiger partial charge in [-0.3, -0.25) is 9.69 Å². The molecular formula is C19H25N5O2. The van der Waals surface area contributed by atoms with Crippen LogP contribution in [-0.4, -0.2) is 46.1 Å². The molecule has 1 aromatic carbocycles. The molecule has 1 aliphatic heterocycles. The van der Waals surface area contributed by atoms with Crippen molar-refractivity contribution in [1.29, 1.82) is 0 Å². The highest BCUT2D eigenvalue weighted by Gasteiger charge is 2.21. The molecular weight excluding hydrogens is 330 g/mol. The molecule has 0 radical (unpaired) electrons. The maximum Gasteiger partial charge on any atom is 0.273 e. The number of carbonyl (C=O) groups excluding carboxylic acids is 1. The fourth-order valence-corrected chi connectivity index (χ4v) is 3.22. The number of nitrogens with one attached hydrogen (secondary N) is 1. The number of hydrogen-bond acceptors (Lipinski definition) is 6. The number of anilines is 1. The van der Waals surface area contributed by atoms with Crippen LogP contribution in [0.4, 0.5) is 5.82 Å². The van der Waals surface area contributed by atoms with Crippen LogP contribution in [0.25, 0.3) is 0 Å². The SMILES string of the molecule is CC1CN(Cc2ccc(CNC(=O)c3nccnc3N)cc2)CC(C)O1. The van der Waals surface area contributed by atoms with E-state index in [-0.39, 0.29) is 29.6 Å². The first-order valence-corrected chi connectivity index (χ1v) is 8.81. The van der Waals surface area contributed by atoms with Gasteiger partial charge in [0.05, 0.1) is 12.2 Å². The Morgan fingerprint density at radius 3 is 2.42 bits per heavy atom. The van der Waals surface area contributed by atoms with Crippen LogP contribution in [0, 0.1) is 0 Å². The molecule has 1 aromatic heterocycles. The standard InChI is InChI=1S/C19H25N5O2/c1-13-10-24(11-14(2)26-13)12-16-5-3-15(4-6-16)9-23-19(25)17-18(20)22-8-7-21-17/h3-8,13-14H,9-12H2,1-2H3,(H2,20,22)(H,23,25). The Bertz CT molecular complexity index is 740. The van der Waals surface area contributed by atoms with Gasteiger partial charge in [-0.05, 0) is 25.0 Å². The molecule has 3 rings (SSSR count). The molecule has 138 valence electrons. The van der Waals surface area contributed by atoms with E-state index in [1.54, 1.807) is 0 Å². The minimum absolute atomic E-state index is 0.134. The van der Waals surface area contributed by atoms with Crippen LogP contribution in [-0.2, 0) is 17.8 Å². The van der Waals surface area contributed by atoms with Crippen LogP contribution in [0.3, 0.4) is 0 Å². The first-order valence-electron chi connectivity index (χ1n) is 8.81. The third-order valence-corrected chi connectivity index (χ3v) is 4.32. The molecule has 0 bridgehead atoms. The van der Waals surface area contributed by atoms with Gasteiger partial charge in [-0.15, -0.1) is 0 Å². The van der Waals surface area contributed by atoms with Crippen molar-refractivity contribution in [3.05, 3.63) is 53.5 Å². The van der Waals surface area contributed by atoms with Crippen molar-refractivity contribution in [2.24, 2.45) is 0 Å². The Balaban J connectivity index is 1.53. The Labute approximate surface area is 153 Å². The summed E-state index contributed by atoms with van der Waals surface area (Å²) in [6.45, 7) is 7.43. The maximum absolute atomic E-state index is 12.1. The minimum atomic E-state index is -0.323. The fourth-order valence-electron chi connectivity index (χ4n) is 3.22. The van der Waals surface area contributed by atoms with E-state index in [0.717, 1.165) is 25.2 Å². The fraction of sp³-hybridized carbons (Fsp3) is 0.421. The lowest BCUT2D eigenvalue weighted by molar-refractivity contribution is -0.0704. The average molecular weight is 355 g/mol. The summed E-state index contributed by atoms with van der Waals surface area (Å²) in [5, 5.41) is 2.82. The van der Waals surface area contributed by atoms with Crippen LogP contribution in [0.5, 0.6) is 0 Å². The van der Waals surface area contributed by atoms with E-state index >= 15 is 0 Å². The number of benzene rings is 1. The highest BCUT2D eigenvalue weighted by atomic mass is 16.5. The van der Waals surface area contributed by atoms with Gasteiger partial charge in [0, 0.05) is 38.6 Å². The van der Waals surface area contributed by atoms with E-state index in [9.17, 15) is 4.79 Å². The van der Waals surface area contributed by atoms with Crippen molar-refractivity contribution >= 4 is 11.7 Å². The van der Waals surface area contributed by atoms with Crippen molar-refractivity contribution in [1.82, 2.24) is 20.2 Å². The highest BCUT2D eigenvalue weighted by Crippen LogP contribution is 2.15. The summed E-state index contributed by atoms with van der Waals surface area (Å²) in [6, 6.07) is 8.26. The van der Waals surface area contributed by atoms with Crippen molar-refractivity contribution in [2.45, 2.75) is 39.1 Å². The largest absolute Gasteiger partial charge is 0.382 e. The molecule has 7 nitrogen and oxygen atoms in total. The quantitative estimate of drug-likeness (QED) is 0.846. The van der Waals surface area contributed by atoms with Crippen molar-refractivity contribution < 1.29 is 9.53 Å². The van der Waals surface area contributed by atoms with Crippen LogP contribution >= 0.6 is 0 Å². The molecule has 0 spiro atoms. The summed E-state index contributed by atoms with van der Waals surface area (Å²) < 4.78 is 5.77.